The molecular formula is C9H10ClN3. The van der Waals surface area contributed by atoms with Crippen LogP contribution in [-0.2, 0) is 0 Å². The third-order valence-electron chi connectivity index (χ3n) is 1.66. The standard InChI is InChI=1S/C9H9N3.ClH/c10-8-2-4-9(5-3-8)12-7-1-6-11-12;/h1-7H,10H2;1H. The Morgan fingerprint density at radius 2 is 1.85 bits per heavy atom. The summed E-state index contributed by atoms with van der Waals surface area (Å²) in [6, 6.07) is 9.47. The lowest BCUT2D eigenvalue weighted by molar-refractivity contribution is 0.881. The van der Waals surface area contributed by atoms with Crippen LogP contribution in [0.2, 0.25) is 0 Å². The van der Waals surface area contributed by atoms with Gasteiger partial charge in [-0.1, -0.05) is 0 Å². The van der Waals surface area contributed by atoms with E-state index in [1.165, 1.54) is 0 Å². The fraction of sp³-hybridized carbons (Fsp3) is 0. The van der Waals surface area contributed by atoms with Crippen molar-refractivity contribution in [2.75, 3.05) is 5.73 Å². The van der Waals surface area contributed by atoms with Crippen LogP contribution in [0.4, 0.5) is 5.69 Å². The maximum atomic E-state index is 5.55. The summed E-state index contributed by atoms with van der Waals surface area (Å²) in [5.74, 6) is 0. The van der Waals surface area contributed by atoms with Crippen LogP contribution in [0.1, 0.15) is 0 Å². The summed E-state index contributed by atoms with van der Waals surface area (Å²) < 4.78 is 1.79. The summed E-state index contributed by atoms with van der Waals surface area (Å²) >= 11 is 0. The van der Waals surface area contributed by atoms with Gasteiger partial charge in [-0.15, -0.1) is 12.4 Å². The summed E-state index contributed by atoms with van der Waals surface area (Å²) in [7, 11) is 0. The summed E-state index contributed by atoms with van der Waals surface area (Å²) in [6.07, 6.45) is 3.64. The SMILES string of the molecule is Cl.Nc1ccc(-n2cccn2)cc1. The van der Waals surface area contributed by atoms with Crippen molar-refractivity contribution in [1.29, 1.82) is 0 Å². The van der Waals surface area contributed by atoms with Gasteiger partial charge in [-0.3, -0.25) is 0 Å². The number of nitrogen functional groups attached to an aromatic ring is 1. The van der Waals surface area contributed by atoms with E-state index < -0.39 is 0 Å². The van der Waals surface area contributed by atoms with E-state index in [0.29, 0.717) is 0 Å². The monoisotopic (exact) mass is 195 g/mol. The van der Waals surface area contributed by atoms with Gasteiger partial charge in [0.25, 0.3) is 0 Å². The molecule has 1 heterocycles. The van der Waals surface area contributed by atoms with Crippen LogP contribution in [-0.4, -0.2) is 9.78 Å². The van der Waals surface area contributed by atoms with Crippen LogP contribution < -0.4 is 5.73 Å². The van der Waals surface area contributed by atoms with Gasteiger partial charge >= 0.3 is 0 Å². The van der Waals surface area contributed by atoms with Crippen molar-refractivity contribution in [2.24, 2.45) is 0 Å². The second kappa shape index (κ2) is 3.96. The van der Waals surface area contributed by atoms with E-state index in [1.54, 1.807) is 10.9 Å². The molecule has 4 heteroatoms. The second-order valence-corrected chi connectivity index (χ2v) is 2.54. The number of rotatable bonds is 1. The first-order valence-corrected chi connectivity index (χ1v) is 3.72. The number of nitrogens with zero attached hydrogens (tertiary/aromatic N) is 2. The molecule has 1 aromatic heterocycles. The Morgan fingerprint density at radius 3 is 2.38 bits per heavy atom. The molecule has 0 aliphatic heterocycles. The van der Waals surface area contributed by atoms with Crippen molar-refractivity contribution in [3.63, 3.8) is 0 Å². The van der Waals surface area contributed by atoms with Crippen LogP contribution >= 0.6 is 12.4 Å². The highest BCUT2D eigenvalue weighted by molar-refractivity contribution is 5.85. The Balaban J connectivity index is 0.000000845. The van der Waals surface area contributed by atoms with Gasteiger partial charge in [0.15, 0.2) is 0 Å². The summed E-state index contributed by atoms with van der Waals surface area (Å²) in [4.78, 5) is 0. The zero-order valence-electron chi connectivity index (χ0n) is 6.92. The first-order chi connectivity index (χ1) is 5.86. The molecule has 13 heavy (non-hydrogen) atoms. The molecule has 0 saturated carbocycles. The Kier molecular flexibility index (Phi) is 2.93. The predicted octanol–water partition coefficient (Wildman–Crippen LogP) is 1.88. The smallest absolute Gasteiger partial charge is 0.0647 e. The lowest BCUT2D eigenvalue weighted by Crippen LogP contribution is -1.94. The van der Waals surface area contributed by atoms with E-state index in [9.17, 15) is 0 Å². The lowest BCUT2D eigenvalue weighted by Gasteiger charge is -2.00. The molecule has 0 bridgehead atoms. The molecule has 0 amide bonds. The molecule has 3 nitrogen and oxygen atoms in total. The Morgan fingerprint density at radius 1 is 1.15 bits per heavy atom. The van der Waals surface area contributed by atoms with Gasteiger partial charge in [-0.05, 0) is 30.3 Å². The molecule has 0 aliphatic carbocycles. The number of benzene rings is 1. The normalized spacial score (nSPS) is 9.23. The largest absolute Gasteiger partial charge is 0.399 e. The highest BCUT2D eigenvalue weighted by Crippen LogP contribution is 2.08. The zero-order valence-corrected chi connectivity index (χ0v) is 7.74. The van der Waals surface area contributed by atoms with Crippen molar-refractivity contribution in [2.45, 2.75) is 0 Å². The number of hydrogen-bond donors (Lipinski definition) is 1. The van der Waals surface area contributed by atoms with Gasteiger partial charge in [0.2, 0.25) is 0 Å². The van der Waals surface area contributed by atoms with Crippen LogP contribution in [0.15, 0.2) is 42.7 Å². The average molecular weight is 196 g/mol. The Hall–Kier alpha value is -1.48. The summed E-state index contributed by atoms with van der Waals surface area (Å²) in [6.45, 7) is 0. The second-order valence-electron chi connectivity index (χ2n) is 2.54. The maximum absolute atomic E-state index is 5.55. The first kappa shape index (κ1) is 9.61. The number of hydrogen-bond acceptors (Lipinski definition) is 2. The molecule has 0 atom stereocenters. The summed E-state index contributed by atoms with van der Waals surface area (Å²) in [5.41, 5.74) is 7.34. The quantitative estimate of drug-likeness (QED) is 0.707. The highest BCUT2D eigenvalue weighted by atomic mass is 35.5. The van der Waals surface area contributed by atoms with E-state index in [2.05, 4.69) is 5.10 Å². The molecule has 1 aromatic carbocycles. The molecular weight excluding hydrogens is 186 g/mol. The maximum Gasteiger partial charge on any atom is 0.0647 e. The molecule has 0 spiro atoms. The Bertz CT molecular complexity index is 353. The fourth-order valence-electron chi connectivity index (χ4n) is 1.05. The molecule has 0 fully saturated rings. The van der Waals surface area contributed by atoms with E-state index >= 15 is 0 Å². The zero-order chi connectivity index (χ0) is 8.39. The predicted molar refractivity (Wildman–Crippen MR) is 55.2 cm³/mol. The molecule has 0 radical (unpaired) electrons. The van der Waals surface area contributed by atoms with Crippen LogP contribution in [0.5, 0.6) is 0 Å². The van der Waals surface area contributed by atoms with Crippen molar-refractivity contribution >= 4 is 18.1 Å². The lowest BCUT2D eigenvalue weighted by atomic mass is 10.3. The molecule has 68 valence electrons. The Labute approximate surface area is 82.6 Å². The van der Waals surface area contributed by atoms with Crippen molar-refractivity contribution < 1.29 is 0 Å². The first-order valence-electron chi connectivity index (χ1n) is 3.72. The van der Waals surface area contributed by atoms with Gasteiger partial charge < -0.3 is 5.73 Å². The molecule has 2 N–H and O–H groups in total. The van der Waals surface area contributed by atoms with Crippen LogP contribution in [0.3, 0.4) is 0 Å². The highest BCUT2D eigenvalue weighted by Gasteiger charge is 1.93. The van der Waals surface area contributed by atoms with Crippen molar-refractivity contribution in [3.8, 4) is 5.69 Å². The van der Waals surface area contributed by atoms with Gasteiger partial charge in [0.1, 0.15) is 0 Å². The van der Waals surface area contributed by atoms with Gasteiger partial charge in [-0.25, -0.2) is 4.68 Å². The molecule has 0 saturated heterocycles. The fourth-order valence-corrected chi connectivity index (χ4v) is 1.05. The van der Waals surface area contributed by atoms with Gasteiger partial charge in [0, 0.05) is 18.1 Å². The number of nitrogens with two attached hydrogens (primary N) is 1. The van der Waals surface area contributed by atoms with E-state index in [4.69, 9.17) is 5.73 Å². The average Bonchev–Trinajstić information content (AvgIpc) is 2.58. The summed E-state index contributed by atoms with van der Waals surface area (Å²) in [5, 5.41) is 4.09. The van der Waals surface area contributed by atoms with E-state index in [0.717, 1.165) is 11.4 Å². The third-order valence-corrected chi connectivity index (χ3v) is 1.66. The molecule has 2 rings (SSSR count). The number of anilines is 1. The number of halogens is 1. The van der Waals surface area contributed by atoms with Crippen molar-refractivity contribution in [1.82, 2.24) is 9.78 Å². The van der Waals surface area contributed by atoms with Gasteiger partial charge in [-0.2, -0.15) is 5.10 Å². The van der Waals surface area contributed by atoms with Crippen LogP contribution in [0.25, 0.3) is 5.69 Å². The molecule has 0 unspecified atom stereocenters. The van der Waals surface area contributed by atoms with Gasteiger partial charge in [0.05, 0.1) is 5.69 Å². The minimum atomic E-state index is 0. The topological polar surface area (TPSA) is 43.8 Å². The van der Waals surface area contributed by atoms with Crippen LogP contribution in [0, 0.1) is 0 Å². The van der Waals surface area contributed by atoms with E-state index in [1.807, 2.05) is 36.5 Å². The molecule has 0 aliphatic rings. The minimum Gasteiger partial charge on any atom is -0.399 e. The van der Waals surface area contributed by atoms with Crippen molar-refractivity contribution in [3.05, 3.63) is 42.7 Å². The minimum absolute atomic E-state index is 0. The molecule has 2 aromatic rings. The third kappa shape index (κ3) is 2.00. The van der Waals surface area contributed by atoms with E-state index in [-0.39, 0.29) is 12.4 Å². The number of aromatic nitrogens is 2.